The van der Waals surface area contributed by atoms with Gasteiger partial charge in [-0.1, -0.05) is 12.1 Å². The van der Waals surface area contributed by atoms with Crippen molar-refractivity contribution in [2.45, 2.75) is 18.4 Å². The molecule has 0 aliphatic carbocycles. The van der Waals surface area contributed by atoms with Gasteiger partial charge >= 0.3 is 0 Å². The maximum Gasteiger partial charge on any atom is 0.184 e. The van der Waals surface area contributed by atoms with Crippen molar-refractivity contribution in [3.63, 3.8) is 0 Å². The molecule has 1 N–H and O–H groups in total. The third kappa shape index (κ3) is 1.86. The van der Waals surface area contributed by atoms with Crippen molar-refractivity contribution < 1.29 is 0 Å². The van der Waals surface area contributed by atoms with Crippen LogP contribution in [0, 0.1) is 0 Å². The highest BCUT2D eigenvalue weighted by Crippen LogP contribution is 2.15. The van der Waals surface area contributed by atoms with Gasteiger partial charge in [0.2, 0.25) is 0 Å². The minimum atomic E-state index is 0.723. The van der Waals surface area contributed by atoms with Crippen molar-refractivity contribution in [1.82, 2.24) is 15.4 Å². The summed E-state index contributed by atoms with van der Waals surface area (Å²) in [6, 6.07) is 0. The fourth-order valence-corrected chi connectivity index (χ4v) is 1.18. The Hall–Kier alpha value is -0.710. The van der Waals surface area contributed by atoms with Crippen molar-refractivity contribution in [3.8, 4) is 0 Å². The zero-order valence-electron chi connectivity index (χ0n) is 6.70. The molecule has 1 aromatic heterocycles. The number of aromatic nitrogens is 3. The summed E-state index contributed by atoms with van der Waals surface area (Å²) in [5.41, 5.74) is 0. The van der Waals surface area contributed by atoms with Crippen molar-refractivity contribution in [2.24, 2.45) is 0 Å². The molecule has 0 spiro atoms. The van der Waals surface area contributed by atoms with Gasteiger partial charge in [0.1, 0.15) is 5.03 Å². The minimum Gasteiger partial charge on any atom is -0.356 e. The molecule has 0 fully saturated rings. The Balaban J connectivity index is 2.67. The van der Waals surface area contributed by atoms with Gasteiger partial charge in [0, 0.05) is 13.6 Å². The van der Waals surface area contributed by atoms with Gasteiger partial charge in [-0.25, -0.2) is 5.10 Å². The van der Waals surface area contributed by atoms with Crippen LogP contribution >= 0.6 is 12.6 Å². The summed E-state index contributed by atoms with van der Waals surface area (Å²) in [7, 11) is 1.97. The zero-order valence-corrected chi connectivity index (χ0v) is 7.60. The molecule has 1 heterocycles. The molecule has 0 atom stereocenters. The Kier molecular flexibility index (Phi) is 2.76. The van der Waals surface area contributed by atoms with Crippen LogP contribution in [0.3, 0.4) is 0 Å². The number of nitrogens with zero attached hydrogens (tertiary/aromatic N) is 3. The average Bonchev–Trinajstić information content (AvgIpc) is 2.36. The molecule has 0 aliphatic rings. The number of rotatable bonds is 3. The molecule has 0 saturated carbocycles. The summed E-state index contributed by atoms with van der Waals surface area (Å²) in [5, 5.41) is 10.9. The first-order valence-corrected chi connectivity index (χ1v) is 4.01. The lowest BCUT2D eigenvalue weighted by molar-refractivity contribution is 0.826. The molecule has 11 heavy (non-hydrogen) atoms. The largest absolute Gasteiger partial charge is 0.356 e. The van der Waals surface area contributed by atoms with Crippen LogP contribution in [0.25, 0.3) is 0 Å². The third-order valence-electron chi connectivity index (χ3n) is 1.43. The molecular formula is C6H12N4S. The summed E-state index contributed by atoms with van der Waals surface area (Å²) in [5.74, 6) is 0.815. The van der Waals surface area contributed by atoms with Gasteiger partial charge in [-0.3, -0.25) is 0 Å². The normalized spacial score (nSPS) is 10.1. The second kappa shape index (κ2) is 3.61. The summed E-state index contributed by atoms with van der Waals surface area (Å²) in [6.07, 6.45) is 1.09. The number of nitrogens with one attached hydrogen (secondary N) is 1. The third-order valence-corrected chi connectivity index (χ3v) is 1.73. The maximum atomic E-state index is 4.16. The molecule has 62 valence electrons. The second-order valence-corrected chi connectivity index (χ2v) is 2.85. The number of H-pyrrole nitrogens is 1. The monoisotopic (exact) mass is 172 g/mol. The average molecular weight is 172 g/mol. The van der Waals surface area contributed by atoms with Crippen molar-refractivity contribution in [3.05, 3.63) is 0 Å². The fourth-order valence-electron chi connectivity index (χ4n) is 0.916. The van der Waals surface area contributed by atoms with Crippen molar-refractivity contribution >= 4 is 18.4 Å². The van der Waals surface area contributed by atoms with Crippen LogP contribution in [0.2, 0.25) is 0 Å². The number of thiol groups is 1. The number of anilines is 1. The van der Waals surface area contributed by atoms with Crippen molar-refractivity contribution in [1.29, 1.82) is 0 Å². The van der Waals surface area contributed by atoms with Gasteiger partial charge in [-0.15, -0.1) is 17.7 Å². The smallest absolute Gasteiger partial charge is 0.184 e. The highest BCUT2D eigenvalue weighted by atomic mass is 32.1. The number of aromatic amines is 1. The first-order chi connectivity index (χ1) is 5.25. The van der Waals surface area contributed by atoms with E-state index >= 15 is 0 Å². The quantitative estimate of drug-likeness (QED) is 0.667. The lowest BCUT2D eigenvalue weighted by Crippen LogP contribution is -2.18. The fraction of sp³-hybridized carbons (Fsp3) is 0.667. The Labute approximate surface area is 71.4 Å². The summed E-state index contributed by atoms with van der Waals surface area (Å²) < 4.78 is 0. The van der Waals surface area contributed by atoms with Gasteiger partial charge in [0.15, 0.2) is 5.82 Å². The predicted octanol–water partition coefficient (Wildman–Crippen LogP) is 0.940. The van der Waals surface area contributed by atoms with Gasteiger partial charge in [0.05, 0.1) is 0 Å². The van der Waals surface area contributed by atoms with E-state index in [2.05, 4.69) is 35.0 Å². The lowest BCUT2D eigenvalue weighted by atomic mass is 10.4. The Morgan fingerprint density at radius 3 is 2.82 bits per heavy atom. The predicted molar refractivity (Wildman–Crippen MR) is 47.2 cm³/mol. The number of hydrogen-bond donors (Lipinski definition) is 2. The highest BCUT2D eigenvalue weighted by molar-refractivity contribution is 7.80. The summed E-state index contributed by atoms with van der Waals surface area (Å²) in [6.45, 7) is 3.09. The highest BCUT2D eigenvalue weighted by Gasteiger charge is 2.06. The van der Waals surface area contributed by atoms with E-state index in [1.54, 1.807) is 0 Å². The minimum absolute atomic E-state index is 0.723. The van der Waals surface area contributed by atoms with E-state index in [4.69, 9.17) is 0 Å². The molecule has 0 aliphatic heterocycles. The Morgan fingerprint density at radius 2 is 2.36 bits per heavy atom. The molecule has 5 heteroatoms. The lowest BCUT2D eigenvalue weighted by Gasteiger charge is -2.14. The van der Waals surface area contributed by atoms with Crippen LogP contribution in [-0.2, 0) is 0 Å². The molecular weight excluding hydrogens is 160 g/mol. The molecule has 1 rings (SSSR count). The topological polar surface area (TPSA) is 44.8 Å². The Bertz CT molecular complexity index is 222. The van der Waals surface area contributed by atoms with E-state index in [-0.39, 0.29) is 0 Å². The van der Waals surface area contributed by atoms with Crippen LogP contribution in [0.1, 0.15) is 13.3 Å². The Morgan fingerprint density at radius 1 is 1.64 bits per heavy atom. The van der Waals surface area contributed by atoms with Gasteiger partial charge < -0.3 is 4.90 Å². The maximum absolute atomic E-state index is 4.16. The molecule has 0 bridgehead atoms. The SMILES string of the molecule is CCCN(C)c1nn[nH]c1S. The van der Waals surface area contributed by atoms with E-state index in [0.29, 0.717) is 0 Å². The van der Waals surface area contributed by atoms with E-state index < -0.39 is 0 Å². The van der Waals surface area contributed by atoms with E-state index in [9.17, 15) is 0 Å². The second-order valence-electron chi connectivity index (χ2n) is 2.41. The molecule has 1 aromatic rings. The van der Waals surface area contributed by atoms with Gasteiger partial charge in [-0.05, 0) is 6.42 Å². The molecule has 4 nitrogen and oxygen atoms in total. The molecule has 0 aromatic carbocycles. The molecule has 0 saturated heterocycles. The van der Waals surface area contributed by atoms with E-state index in [1.807, 2.05) is 11.9 Å². The zero-order chi connectivity index (χ0) is 8.27. The number of hydrogen-bond acceptors (Lipinski definition) is 4. The first-order valence-electron chi connectivity index (χ1n) is 3.56. The first kappa shape index (κ1) is 8.39. The van der Waals surface area contributed by atoms with Crippen molar-refractivity contribution in [2.75, 3.05) is 18.5 Å². The molecule has 0 radical (unpaired) electrons. The van der Waals surface area contributed by atoms with Gasteiger partial charge in [0.25, 0.3) is 0 Å². The van der Waals surface area contributed by atoms with Crippen LogP contribution in [0.5, 0.6) is 0 Å². The van der Waals surface area contributed by atoms with Crippen LogP contribution in [-0.4, -0.2) is 29.0 Å². The van der Waals surface area contributed by atoms with Crippen LogP contribution < -0.4 is 4.90 Å². The standard InChI is InChI=1S/C6H12N4S/c1-3-4-10(2)5-6(11)8-9-7-5/h3-4H2,1-2H3,(H2,7,8,9,11). The molecule has 0 amide bonds. The summed E-state index contributed by atoms with van der Waals surface area (Å²) in [4.78, 5) is 2.02. The van der Waals surface area contributed by atoms with E-state index in [1.165, 1.54) is 0 Å². The summed E-state index contributed by atoms with van der Waals surface area (Å²) >= 11 is 4.16. The molecule has 0 unspecified atom stereocenters. The van der Waals surface area contributed by atoms with Crippen LogP contribution in [0.4, 0.5) is 5.82 Å². The van der Waals surface area contributed by atoms with Gasteiger partial charge in [-0.2, -0.15) is 0 Å². The van der Waals surface area contributed by atoms with E-state index in [0.717, 1.165) is 23.8 Å². The van der Waals surface area contributed by atoms with Crippen LogP contribution in [0.15, 0.2) is 5.03 Å².